The van der Waals surface area contributed by atoms with Crippen LogP contribution in [0.3, 0.4) is 0 Å². The Morgan fingerprint density at radius 1 is 1.14 bits per heavy atom. The molecule has 6 nitrogen and oxygen atoms in total. The number of aliphatic imine (C=N–C) groups is 1. The number of ether oxygens (including phenoxy) is 2. The molecule has 1 N–H and O–H groups in total. The Morgan fingerprint density at radius 2 is 1.83 bits per heavy atom. The molecule has 1 atom stereocenters. The molecule has 2 aliphatic rings. The van der Waals surface area contributed by atoms with Crippen molar-refractivity contribution in [2.24, 2.45) is 4.99 Å². The van der Waals surface area contributed by atoms with E-state index in [1.165, 1.54) is 25.3 Å². The lowest BCUT2D eigenvalue weighted by Crippen LogP contribution is -2.33. The number of carbonyl (C=O) groups excluding carboxylic acids is 1. The molecule has 36 heavy (non-hydrogen) atoms. The highest BCUT2D eigenvalue weighted by molar-refractivity contribution is 6.03. The van der Waals surface area contributed by atoms with E-state index >= 15 is 0 Å². The van der Waals surface area contributed by atoms with Gasteiger partial charge in [-0.05, 0) is 31.2 Å². The minimum atomic E-state index is -4.60. The molecule has 9 heteroatoms. The first-order valence-corrected chi connectivity index (χ1v) is 11.6. The number of nitrogens with zero attached hydrogens (tertiary/aromatic N) is 2. The third-order valence-corrected chi connectivity index (χ3v) is 6.25. The van der Waals surface area contributed by atoms with Crippen molar-refractivity contribution in [3.63, 3.8) is 0 Å². The summed E-state index contributed by atoms with van der Waals surface area (Å²) < 4.78 is 52.9. The predicted octanol–water partition coefficient (Wildman–Crippen LogP) is 4.65. The third-order valence-electron chi connectivity index (χ3n) is 6.25. The van der Waals surface area contributed by atoms with Gasteiger partial charge in [-0.25, -0.2) is 9.79 Å². The molecular weight excluding hydrogens is 471 g/mol. The first kappa shape index (κ1) is 25.5. The van der Waals surface area contributed by atoms with E-state index in [0.29, 0.717) is 30.1 Å². The zero-order valence-corrected chi connectivity index (χ0v) is 20.4. The van der Waals surface area contributed by atoms with Crippen LogP contribution in [0.5, 0.6) is 0 Å². The van der Waals surface area contributed by atoms with E-state index in [4.69, 9.17) is 9.47 Å². The molecule has 0 fully saturated rings. The van der Waals surface area contributed by atoms with Gasteiger partial charge in [-0.1, -0.05) is 48.5 Å². The van der Waals surface area contributed by atoms with Crippen LogP contribution < -0.4 is 5.32 Å². The van der Waals surface area contributed by atoms with Gasteiger partial charge in [-0.15, -0.1) is 0 Å². The van der Waals surface area contributed by atoms with Gasteiger partial charge in [0.1, 0.15) is 6.61 Å². The molecule has 2 heterocycles. The molecule has 0 radical (unpaired) electrons. The first-order chi connectivity index (χ1) is 17.2. The van der Waals surface area contributed by atoms with Crippen LogP contribution in [0.2, 0.25) is 0 Å². The highest BCUT2D eigenvalue weighted by Crippen LogP contribution is 2.45. The van der Waals surface area contributed by atoms with Crippen LogP contribution in [0.25, 0.3) is 0 Å². The van der Waals surface area contributed by atoms with Crippen molar-refractivity contribution in [1.29, 1.82) is 0 Å². The fraction of sp³-hybridized carbons (Fsp3) is 0.333. The molecule has 0 aromatic heterocycles. The smallest absolute Gasteiger partial charge is 0.416 e. The lowest BCUT2D eigenvalue weighted by atomic mass is 9.78. The van der Waals surface area contributed by atoms with Crippen LogP contribution in [0, 0.1) is 0 Å². The minimum Gasteiger partial charge on any atom is -0.481 e. The molecular formula is C27H28F3N3O3. The van der Waals surface area contributed by atoms with E-state index in [0.717, 1.165) is 11.6 Å². The molecule has 1 unspecified atom stereocenters. The lowest BCUT2D eigenvalue weighted by molar-refractivity contribution is -0.141. The summed E-state index contributed by atoms with van der Waals surface area (Å²) in [6.07, 6.45) is -4.60. The zero-order valence-electron chi connectivity index (χ0n) is 20.4. The van der Waals surface area contributed by atoms with Gasteiger partial charge in [0.25, 0.3) is 0 Å². The number of likely N-dealkylation sites (N-methyl/N-ethyl adjacent to an activating group) is 1. The van der Waals surface area contributed by atoms with Crippen LogP contribution in [-0.2, 0) is 27.0 Å². The maximum absolute atomic E-state index is 14.0. The average molecular weight is 500 g/mol. The molecule has 2 aromatic carbocycles. The average Bonchev–Trinajstić information content (AvgIpc) is 3.25. The summed E-state index contributed by atoms with van der Waals surface area (Å²) in [5, 5.41) is 3.14. The third kappa shape index (κ3) is 5.31. The second kappa shape index (κ2) is 10.6. The Morgan fingerprint density at radius 3 is 2.53 bits per heavy atom. The van der Waals surface area contributed by atoms with Crippen molar-refractivity contribution >= 4 is 11.9 Å². The van der Waals surface area contributed by atoms with Crippen molar-refractivity contribution in [1.82, 2.24) is 10.2 Å². The topological polar surface area (TPSA) is 63.2 Å². The summed E-state index contributed by atoms with van der Waals surface area (Å²) in [6.45, 7) is 3.11. The highest BCUT2D eigenvalue weighted by Gasteiger charge is 2.44. The Bertz CT molecular complexity index is 1220. The summed E-state index contributed by atoms with van der Waals surface area (Å²) in [7, 11) is 3.32. The number of esters is 1. The Labute approximate surface area is 208 Å². The number of hydrogen-bond acceptors (Lipinski definition) is 6. The van der Waals surface area contributed by atoms with Crippen LogP contribution in [-0.4, -0.2) is 50.6 Å². The Balaban J connectivity index is 1.60. The molecule has 2 aliphatic heterocycles. The molecule has 4 rings (SSSR count). The van der Waals surface area contributed by atoms with E-state index in [9.17, 15) is 18.0 Å². The number of rotatable bonds is 7. The maximum atomic E-state index is 14.0. The normalized spacial score (nSPS) is 17.6. The van der Waals surface area contributed by atoms with Gasteiger partial charge in [0.05, 0.1) is 30.7 Å². The van der Waals surface area contributed by atoms with E-state index in [-0.39, 0.29) is 30.2 Å². The van der Waals surface area contributed by atoms with E-state index in [2.05, 4.69) is 10.3 Å². The Hall–Kier alpha value is -3.59. The summed E-state index contributed by atoms with van der Waals surface area (Å²) >= 11 is 0. The quantitative estimate of drug-likeness (QED) is 0.562. The van der Waals surface area contributed by atoms with Gasteiger partial charge in [0.15, 0.2) is 0 Å². The summed E-state index contributed by atoms with van der Waals surface area (Å²) in [6, 6.07) is 15.1. The second-order valence-electron chi connectivity index (χ2n) is 8.76. The number of alkyl halides is 3. The van der Waals surface area contributed by atoms with Gasteiger partial charge >= 0.3 is 12.1 Å². The molecule has 0 aliphatic carbocycles. The fourth-order valence-corrected chi connectivity index (χ4v) is 4.62. The highest BCUT2D eigenvalue weighted by atomic mass is 19.4. The molecule has 190 valence electrons. The number of benzene rings is 2. The molecule has 0 amide bonds. The van der Waals surface area contributed by atoms with Crippen LogP contribution in [0.4, 0.5) is 13.2 Å². The number of dihydropyridines is 1. The van der Waals surface area contributed by atoms with Crippen molar-refractivity contribution in [3.8, 4) is 0 Å². The number of halogens is 3. The zero-order chi connectivity index (χ0) is 25.9. The standard InChI is InChI=1S/C27H28F3N3O3/c1-17-22(26(34)36-14-13-33(2)16-18-9-5-4-6-10-18)23(24-21(32-17)15-31-25(24)35-3)19-11-7-8-12-20(19)27(28,29)30/h4-12,23,32H,13-16H2,1-3H3. The largest absolute Gasteiger partial charge is 0.481 e. The van der Waals surface area contributed by atoms with Crippen molar-refractivity contribution in [3.05, 3.63) is 93.8 Å². The van der Waals surface area contributed by atoms with E-state index in [1.807, 2.05) is 42.3 Å². The van der Waals surface area contributed by atoms with Gasteiger partial charge in [-0.2, -0.15) is 13.2 Å². The number of nitrogens with one attached hydrogen (secondary N) is 1. The van der Waals surface area contributed by atoms with E-state index in [1.54, 1.807) is 6.92 Å². The van der Waals surface area contributed by atoms with Gasteiger partial charge < -0.3 is 14.8 Å². The van der Waals surface area contributed by atoms with Crippen LogP contribution >= 0.6 is 0 Å². The maximum Gasteiger partial charge on any atom is 0.416 e. The number of allylic oxidation sites excluding steroid dienone is 1. The van der Waals surface area contributed by atoms with Crippen molar-refractivity contribution in [2.45, 2.75) is 25.6 Å². The molecule has 0 saturated carbocycles. The second-order valence-corrected chi connectivity index (χ2v) is 8.76. The fourth-order valence-electron chi connectivity index (χ4n) is 4.62. The van der Waals surface area contributed by atoms with Crippen LogP contribution in [0.1, 0.15) is 29.5 Å². The van der Waals surface area contributed by atoms with Gasteiger partial charge in [-0.3, -0.25) is 4.90 Å². The van der Waals surface area contributed by atoms with Crippen molar-refractivity contribution < 1.29 is 27.4 Å². The minimum absolute atomic E-state index is 0.0434. The number of carbonyl (C=O) groups is 1. The van der Waals surface area contributed by atoms with Gasteiger partial charge in [0.2, 0.25) is 5.90 Å². The number of hydrogen-bond donors (Lipinski definition) is 1. The SMILES string of the molecule is COC1=NCC2=C1C(c1ccccc1C(F)(F)F)C(C(=O)OCCN(C)Cc1ccccc1)=C(C)N2. The summed E-state index contributed by atoms with van der Waals surface area (Å²) in [5.41, 5.74) is 1.86. The molecule has 0 saturated heterocycles. The summed E-state index contributed by atoms with van der Waals surface area (Å²) in [4.78, 5) is 19.7. The van der Waals surface area contributed by atoms with Crippen molar-refractivity contribution in [2.75, 3.05) is 33.9 Å². The predicted molar refractivity (Wildman–Crippen MR) is 130 cm³/mol. The lowest BCUT2D eigenvalue weighted by Gasteiger charge is -2.31. The summed E-state index contributed by atoms with van der Waals surface area (Å²) in [5.74, 6) is -1.50. The molecule has 0 spiro atoms. The molecule has 0 bridgehead atoms. The van der Waals surface area contributed by atoms with Crippen LogP contribution in [0.15, 0.2) is 82.1 Å². The molecule has 2 aromatic rings. The Kier molecular flexibility index (Phi) is 7.49. The van der Waals surface area contributed by atoms with E-state index < -0.39 is 23.6 Å². The number of methoxy groups -OCH3 is 1. The van der Waals surface area contributed by atoms with Gasteiger partial charge in [0, 0.05) is 30.1 Å². The first-order valence-electron chi connectivity index (χ1n) is 11.6. The monoisotopic (exact) mass is 499 g/mol.